The predicted molar refractivity (Wildman–Crippen MR) is 127 cm³/mol. The van der Waals surface area contributed by atoms with Gasteiger partial charge in [0.15, 0.2) is 6.29 Å². The molecule has 7 nitrogen and oxygen atoms in total. The van der Waals surface area contributed by atoms with Gasteiger partial charge in [-0.3, -0.25) is 25.4 Å². The van der Waals surface area contributed by atoms with Gasteiger partial charge in [-0.25, -0.2) is 0 Å². The number of rotatable bonds is 10. The molecule has 2 N–H and O–H groups in total. The number of fused-ring (bicyclic) bond motifs is 1. The van der Waals surface area contributed by atoms with Crippen LogP contribution in [-0.4, -0.2) is 31.0 Å². The summed E-state index contributed by atoms with van der Waals surface area (Å²) in [5, 5.41) is 0.644. The zero-order valence-corrected chi connectivity index (χ0v) is 19.3. The summed E-state index contributed by atoms with van der Waals surface area (Å²) in [6.07, 6.45) is 4.37. The molecule has 0 aliphatic rings. The Morgan fingerprint density at radius 2 is 1.73 bits per heavy atom. The van der Waals surface area contributed by atoms with E-state index in [0.29, 0.717) is 22.9 Å². The monoisotopic (exact) mass is 449 g/mol. The molecule has 2 amide bonds. The van der Waals surface area contributed by atoms with Crippen molar-refractivity contribution in [2.24, 2.45) is 0 Å². The van der Waals surface area contributed by atoms with E-state index in [1.165, 1.54) is 0 Å². The molecule has 0 aliphatic heterocycles. The van der Waals surface area contributed by atoms with E-state index in [-0.39, 0.29) is 11.8 Å². The maximum Gasteiger partial charge on any atom is 0.270 e. The van der Waals surface area contributed by atoms with Gasteiger partial charge in [-0.05, 0) is 30.0 Å². The molecule has 1 atom stereocenters. The van der Waals surface area contributed by atoms with Crippen molar-refractivity contribution in [1.82, 2.24) is 15.8 Å². The number of hydrazine groups is 1. The molecule has 0 radical (unpaired) electrons. The molecule has 0 spiro atoms. The first-order valence-electron chi connectivity index (χ1n) is 11.2. The lowest BCUT2D eigenvalue weighted by Gasteiger charge is -2.18. The summed E-state index contributed by atoms with van der Waals surface area (Å²) in [5.74, 6) is -0.539. The van der Waals surface area contributed by atoms with Crippen LogP contribution in [0.4, 0.5) is 0 Å². The number of benzene rings is 2. The number of hydrogen-bond donors (Lipinski definition) is 2. The summed E-state index contributed by atoms with van der Waals surface area (Å²) in [6.45, 7) is 2.13. The Morgan fingerprint density at radius 3 is 2.42 bits per heavy atom. The molecule has 0 aliphatic carbocycles. The van der Waals surface area contributed by atoms with E-state index in [2.05, 4.69) is 22.8 Å². The van der Waals surface area contributed by atoms with Crippen LogP contribution in [0.25, 0.3) is 10.9 Å². The van der Waals surface area contributed by atoms with E-state index in [0.717, 1.165) is 30.4 Å². The summed E-state index contributed by atoms with van der Waals surface area (Å²) < 4.78 is 10.7. The van der Waals surface area contributed by atoms with Crippen molar-refractivity contribution in [2.75, 3.05) is 14.2 Å². The second-order valence-corrected chi connectivity index (χ2v) is 7.86. The Morgan fingerprint density at radius 1 is 0.970 bits per heavy atom. The van der Waals surface area contributed by atoms with Crippen LogP contribution >= 0.6 is 0 Å². The average molecular weight is 450 g/mol. The lowest BCUT2D eigenvalue weighted by Crippen LogP contribution is -2.42. The zero-order chi connectivity index (χ0) is 23.6. The highest BCUT2D eigenvalue weighted by molar-refractivity contribution is 6.07. The number of ether oxygens (including phenoxy) is 2. The van der Waals surface area contributed by atoms with E-state index in [9.17, 15) is 9.59 Å². The number of methoxy groups -OCH3 is 2. The van der Waals surface area contributed by atoms with Crippen molar-refractivity contribution < 1.29 is 19.1 Å². The van der Waals surface area contributed by atoms with Crippen LogP contribution in [0.3, 0.4) is 0 Å². The van der Waals surface area contributed by atoms with Crippen molar-refractivity contribution in [3.05, 3.63) is 77.5 Å². The topological polar surface area (TPSA) is 89.6 Å². The van der Waals surface area contributed by atoms with Crippen LogP contribution in [0, 0.1) is 0 Å². The number of carbonyl (C=O) groups is 2. The third-order valence-electron chi connectivity index (χ3n) is 5.65. The normalized spacial score (nSPS) is 12.0. The van der Waals surface area contributed by atoms with Gasteiger partial charge in [0.05, 0.1) is 11.1 Å². The number of nitrogens with zero attached hydrogens (tertiary/aromatic N) is 1. The van der Waals surface area contributed by atoms with Gasteiger partial charge in [-0.2, -0.15) is 0 Å². The number of amides is 2. The SMILES string of the molecule is CCCCC(CC(=O)NNC(=O)c1ccc(C(OC)OC)c2ncccc12)c1ccccc1. The van der Waals surface area contributed by atoms with Crippen LogP contribution in [0.15, 0.2) is 60.8 Å². The highest BCUT2D eigenvalue weighted by atomic mass is 16.7. The van der Waals surface area contributed by atoms with Crippen molar-refractivity contribution in [3.8, 4) is 0 Å². The summed E-state index contributed by atoms with van der Waals surface area (Å²) in [6, 6.07) is 17.0. The largest absolute Gasteiger partial charge is 0.352 e. The van der Waals surface area contributed by atoms with Gasteiger partial charge < -0.3 is 9.47 Å². The quantitative estimate of drug-likeness (QED) is 0.347. The standard InChI is InChI=1S/C26H31N3O4/c1-4-5-10-19(18-11-7-6-8-12-18)17-23(30)28-29-25(31)21-14-15-22(26(32-2)33-3)24-20(21)13-9-16-27-24/h6-9,11-16,19,26H,4-5,10,17H2,1-3H3,(H,28,30)(H,29,31). The number of aromatic nitrogens is 1. The fourth-order valence-corrected chi connectivity index (χ4v) is 3.96. The molecule has 33 heavy (non-hydrogen) atoms. The molecular weight excluding hydrogens is 418 g/mol. The van der Waals surface area contributed by atoms with E-state index in [1.807, 2.05) is 30.3 Å². The third kappa shape index (κ3) is 6.15. The van der Waals surface area contributed by atoms with Gasteiger partial charge in [0.2, 0.25) is 5.91 Å². The van der Waals surface area contributed by atoms with E-state index in [4.69, 9.17) is 9.47 Å². The summed E-state index contributed by atoms with van der Waals surface area (Å²) >= 11 is 0. The molecule has 174 valence electrons. The number of unbranched alkanes of at least 4 members (excludes halogenated alkanes) is 1. The molecule has 0 bridgehead atoms. The molecule has 1 heterocycles. The van der Waals surface area contributed by atoms with E-state index >= 15 is 0 Å². The highest BCUT2D eigenvalue weighted by Crippen LogP contribution is 2.28. The van der Waals surface area contributed by atoms with Gasteiger partial charge in [0.25, 0.3) is 5.91 Å². The smallest absolute Gasteiger partial charge is 0.270 e. The van der Waals surface area contributed by atoms with Gasteiger partial charge in [-0.1, -0.05) is 62.2 Å². The van der Waals surface area contributed by atoms with Crippen LogP contribution in [0.5, 0.6) is 0 Å². The molecule has 3 aromatic rings. The van der Waals surface area contributed by atoms with Gasteiger partial charge in [0.1, 0.15) is 0 Å². The molecule has 2 aromatic carbocycles. The fourth-order valence-electron chi connectivity index (χ4n) is 3.96. The lowest BCUT2D eigenvalue weighted by atomic mass is 9.90. The van der Waals surface area contributed by atoms with Crippen molar-refractivity contribution in [1.29, 1.82) is 0 Å². The van der Waals surface area contributed by atoms with Gasteiger partial charge >= 0.3 is 0 Å². The maximum absolute atomic E-state index is 12.9. The van der Waals surface area contributed by atoms with Crippen LogP contribution in [-0.2, 0) is 14.3 Å². The molecule has 0 saturated carbocycles. The summed E-state index contributed by atoms with van der Waals surface area (Å²) in [7, 11) is 3.09. The Balaban J connectivity index is 1.71. The minimum absolute atomic E-state index is 0.104. The fraction of sp³-hybridized carbons (Fsp3) is 0.346. The zero-order valence-electron chi connectivity index (χ0n) is 19.3. The van der Waals surface area contributed by atoms with E-state index in [1.54, 1.807) is 44.7 Å². The first kappa shape index (κ1) is 24.4. The first-order chi connectivity index (χ1) is 16.1. The Bertz CT molecular complexity index is 1070. The predicted octanol–water partition coefficient (Wildman–Crippen LogP) is 4.65. The highest BCUT2D eigenvalue weighted by Gasteiger charge is 2.20. The van der Waals surface area contributed by atoms with Crippen molar-refractivity contribution in [3.63, 3.8) is 0 Å². The van der Waals surface area contributed by atoms with Gasteiger partial charge in [-0.15, -0.1) is 0 Å². The molecule has 1 aromatic heterocycles. The second-order valence-electron chi connectivity index (χ2n) is 7.86. The van der Waals surface area contributed by atoms with Crippen molar-refractivity contribution >= 4 is 22.7 Å². The Kier molecular flexibility index (Phi) is 8.92. The van der Waals surface area contributed by atoms with E-state index < -0.39 is 12.2 Å². The van der Waals surface area contributed by atoms with Crippen LogP contribution < -0.4 is 10.9 Å². The summed E-state index contributed by atoms with van der Waals surface area (Å²) in [5.41, 5.74) is 7.98. The molecular formula is C26H31N3O4. The second kappa shape index (κ2) is 12.1. The minimum atomic E-state index is -0.600. The minimum Gasteiger partial charge on any atom is -0.352 e. The average Bonchev–Trinajstić information content (AvgIpc) is 2.86. The number of carbonyl (C=O) groups excluding carboxylic acids is 2. The Hall–Kier alpha value is -3.29. The lowest BCUT2D eigenvalue weighted by molar-refractivity contribution is -0.122. The molecule has 7 heteroatoms. The molecule has 0 fully saturated rings. The number of nitrogens with one attached hydrogen (secondary N) is 2. The summed E-state index contributed by atoms with van der Waals surface area (Å²) in [4.78, 5) is 29.9. The maximum atomic E-state index is 12.9. The molecule has 1 unspecified atom stereocenters. The number of hydrogen-bond acceptors (Lipinski definition) is 5. The molecule has 0 saturated heterocycles. The van der Waals surface area contributed by atoms with Crippen LogP contribution in [0.2, 0.25) is 0 Å². The Labute approximate surface area is 194 Å². The molecule has 3 rings (SSSR count). The number of pyridine rings is 1. The van der Waals surface area contributed by atoms with Crippen molar-refractivity contribution in [2.45, 2.75) is 44.8 Å². The van der Waals surface area contributed by atoms with Crippen LogP contribution in [0.1, 0.15) is 66.3 Å². The third-order valence-corrected chi connectivity index (χ3v) is 5.65. The van der Waals surface area contributed by atoms with Gasteiger partial charge in [0, 0.05) is 37.8 Å². The first-order valence-corrected chi connectivity index (χ1v) is 11.2.